The first-order chi connectivity index (χ1) is 7.13. The molecular formula is C12H15FN2. The molecule has 1 unspecified atom stereocenters. The maximum atomic E-state index is 13.1. The van der Waals surface area contributed by atoms with Crippen molar-refractivity contribution in [3.8, 4) is 0 Å². The van der Waals surface area contributed by atoms with Crippen molar-refractivity contribution < 1.29 is 4.39 Å². The molecule has 0 fully saturated rings. The number of aromatic amines is 1. The Morgan fingerprint density at radius 2 is 2.20 bits per heavy atom. The Hall–Kier alpha value is -1.35. The number of hydrogen-bond acceptors (Lipinski definition) is 1. The number of aromatic nitrogens is 1. The van der Waals surface area contributed by atoms with Crippen LogP contribution in [0.25, 0.3) is 10.9 Å². The molecule has 0 bridgehead atoms. The summed E-state index contributed by atoms with van der Waals surface area (Å²) in [6.45, 7) is 4.66. The van der Waals surface area contributed by atoms with E-state index in [1.54, 1.807) is 12.1 Å². The minimum Gasteiger partial charge on any atom is -0.358 e. The average molecular weight is 206 g/mol. The number of nitrogens with one attached hydrogen (secondary N) is 1. The average Bonchev–Trinajstić information content (AvgIpc) is 2.55. The second kappa shape index (κ2) is 3.66. The number of H-pyrrole nitrogens is 1. The van der Waals surface area contributed by atoms with Gasteiger partial charge < -0.3 is 10.7 Å². The highest BCUT2D eigenvalue weighted by Gasteiger charge is 2.12. The molecule has 1 atom stereocenters. The zero-order valence-corrected chi connectivity index (χ0v) is 8.97. The Labute approximate surface area is 88.3 Å². The van der Waals surface area contributed by atoms with Gasteiger partial charge in [0.25, 0.3) is 0 Å². The van der Waals surface area contributed by atoms with Gasteiger partial charge in [0.2, 0.25) is 0 Å². The third-order valence-electron chi connectivity index (χ3n) is 2.91. The normalized spacial score (nSPS) is 13.3. The molecule has 3 heteroatoms. The quantitative estimate of drug-likeness (QED) is 0.779. The Morgan fingerprint density at radius 3 is 2.87 bits per heavy atom. The molecule has 0 aliphatic heterocycles. The fourth-order valence-electron chi connectivity index (χ4n) is 1.93. The van der Waals surface area contributed by atoms with Crippen LogP contribution in [0.4, 0.5) is 4.39 Å². The summed E-state index contributed by atoms with van der Waals surface area (Å²) in [4.78, 5) is 3.30. The van der Waals surface area contributed by atoms with Crippen LogP contribution >= 0.6 is 0 Å². The summed E-state index contributed by atoms with van der Waals surface area (Å²) in [5, 5.41) is 0.949. The number of hydrogen-bond donors (Lipinski definition) is 2. The first-order valence-electron chi connectivity index (χ1n) is 5.11. The monoisotopic (exact) mass is 206 g/mol. The van der Waals surface area contributed by atoms with Crippen molar-refractivity contribution in [3.05, 3.63) is 35.3 Å². The van der Waals surface area contributed by atoms with E-state index in [1.165, 1.54) is 6.07 Å². The Balaban J connectivity index is 2.64. The topological polar surface area (TPSA) is 41.8 Å². The van der Waals surface area contributed by atoms with Crippen LogP contribution in [0.1, 0.15) is 24.1 Å². The predicted molar refractivity (Wildman–Crippen MR) is 60.5 cm³/mol. The molecule has 0 aliphatic carbocycles. The van der Waals surface area contributed by atoms with E-state index in [0.29, 0.717) is 6.54 Å². The lowest BCUT2D eigenvalue weighted by atomic mass is 10.0. The van der Waals surface area contributed by atoms with Crippen LogP contribution in [-0.4, -0.2) is 11.5 Å². The largest absolute Gasteiger partial charge is 0.358 e. The van der Waals surface area contributed by atoms with Gasteiger partial charge >= 0.3 is 0 Å². The van der Waals surface area contributed by atoms with E-state index in [4.69, 9.17) is 5.73 Å². The van der Waals surface area contributed by atoms with E-state index in [0.717, 1.165) is 22.2 Å². The molecule has 0 radical (unpaired) electrons. The first-order valence-corrected chi connectivity index (χ1v) is 5.11. The van der Waals surface area contributed by atoms with E-state index in [9.17, 15) is 4.39 Å². The number of nitrogens with two attached hydrogens (primary N) is 1. The molecule has 2 nitrogen and oxygen atoms in total. The molecule has 2 aromatic rings. The number of fused-ring (bicyclic) bond motifs is 1. The van der Waals surface area contributed by atoms with E-state index < -0.39 is 0 Å². The van der Waals surface area contributed by atoms with Crippen molar-refractivity contribution in [1.29, 1.82) is 0 Å². The van der Waals surface area contributed by atoms with Gasteiger partial charge in [-0.1, -0.05) is 6.92 Å². The highest BCUT2D eigenvalue weighted by molar-refractivity contribution is 5.84. The lowest BCUT2D eigenvalue weighted by Gasteiger charge is -2.06. The Bertz CT molecular complexity index is 488. The number of aryl methyl sites for hydroxylation is 1. The zero-order valence-electron chi connectivity index (χ0n) is 8.97. The second-order valence-electron chi connectivity index (χ2n) is 3.99. The van der Waals surface area contributed by atoms with Crippen molar-refractivity contribution in [1.82, 2.24) is 4.98 Å². The van der Waals surface area contributed by atoms with Gasteiger partial charge in [-0.15, -0.1) is 0 Å². The first kappa shape index (κ1) is 10.2. The second-order valence-corrected chi connectivity index (χ2v) is 3.99. The van der Waals surface area contributed by atoms with Crippen molar-refractivity contribution in [2.24, 2.45) is 5.73 Å². The summed E-state index contributed by atoms with van der Waals surface area (Å²) in [6.07, 6.45) is 0. The van der Waals surface area contributed by atoms with Crippen LogP contribution < -0.4 is 5.73 Å². The van der Waals surface area contributed by atoms with Gasteiger partial charge in [0.1, 0.15) is 5.82 Å². The van der Waals surface area contributed by atoms with Crippen molar-refractivity contribution in [3.63, 3.8) is 0 Å². The molecule has 80 valence electrons. The molecule has 1 aromatic carbocycles. The molecule has 0 saturated carbocycles. The summed E-state index contributed by atoms with van der Waals surface area (Å²) in [5.74, 6) is 0.0806. The standard InChI is InChI=1S/C12H15FN2/c1-7(6-14)12-8(2)10-5-9(13)3-4-11(10)15-12/h3-5,7,15H,6,14H2,1-2H3. The summed E-state index contributed by atoms with van der Waals surface area (Å²) in [5.41, 5.74) is 8.82. The van der Waals surface area contributed by atoms with Crippen molar-refractivity contribution in [2.75, 3.05) is 6.54 Å². The number of rotatable bonds is 2. The van der Waals surface area contributed by atoms with Gasteiger partial charge in [0.05, 0.1) is 0 Å². The summed E-state index contributed by atoms with van der Waals surface area (Å²) in [7, 11) is 0. The van der Waals surface area contributed by atoms with Gasteiger partial charge in [-0.25, -0.2) is 4.39 Å². The molecule has 0 aliphatic rings. The summed E-state index contributed by atoms with van der Waals surface area (Å²) < 4.78 is 13.1. The van der Waals surface area contributed by atoms with E-state index in [2.05, 4.69) is 11.9 Å². The van der Waals surface area contributed by atoms with Crippen LogP contribution in [0.2, 0.25) is 0 Å². The highest BCUT2D eigenvalue weighted by Crippen LogP contribution is 2.26. The molecule has 2 rings (SSSR count). The molecule has 1 heterocycles. The smallest absolute Gasteiger partial charge is 0.123 e. The minimum absolute atomic E-state index is 0.198. The molecule has 3 N–H and O–H groups in total. The van der Waals surface area contributed by atoms with Crippen LogP contribution in [0, 0.1) is 12.7 Å². The molecular weight excluding hydrogens is 191 g/mol. The van der Waals surface area contributed by atoms with E-state index >= 15 is 0 Å². The van der Waals surface area contributed by atoms with Crippen LogP contribution in [0.5, 0.6) is 0 Å². The van der Waals surface area contributed by atoms with Gasteiger partial charge in [-0.2, -0.15) is 0 Å². The third-order valence-corrected chi connectivity index (χ3v) is 2.91. The predicted octanol–water partition coefficient (Wildman–Crippen LogP) is 2.68. The summed E-state index contributed by atoms with van der Waals surface area (Å²) >= 11 is 0. The molecule has 1 aromatic heterocycles. The van der Waals surface area contributed by atoms with Crippen molar-refractivity contribution in [2.45, 2.75) is 19.8 Å². The number of benzene rings is 1. The van der Waals surface area contributed by atoms with Crippen LogP contribution in [0.15, 0.2) is 18.2 Å². The highest BCUT2D eigenvalue weighted by atomic mass is 19.1. The summed E-state index contributed by atoms with van der Waals surface area (Å²) in [6, 6.07) is 4.80. The Morgan fingerprint density at radius 1 is 1.47 bits per heavy atom. The molecule has 15 heavy (non-hydrogen) atoms. The van der Waals surface area contributed by atoms with Crippen LogP contribution in [-0.2, 0) is 0 Å². The maximum absolute atomic E-state index is 13.1. The molecule has 0 amide bonds. The molecule has 0 spiro atoms. The van der Waals surface area contributed by atoms with Gasteiger partial charge in [-0.3, -0.25) is 0 Å². The van der Waals surface area contributed by atoms with E-state index in [-0.39, 0.29) is 11.7 Å². The van der Waals surface area contributed by atoms with Gasteiger partial charge in [-0.05, 0) is 30.7 Å². The SMILES string of the molecule is Cc1c(C(C)CN)[nH]c2ccc(F)cc12. The van der Waals surface area contributed by atoms with E-state index in [1.807, 2.05) is 6.92 Å². The van der Waals surface area contributed by atoms with Gasteiger partial charge in [0.15, 0.2) is 0 Å². The number of halogens is 1. The Kier molecular flexibility index (Phi) is 2.49. The van der Waals surface area contributed by atoms with Crippen LogP contribution in [0.3, 0.4) is 0 Å². The lowest BCUT2D eigenvalue weighted by Crippen LogP contribution is -2.10. The van der Waals surface area contributed by atoms with Crippen molar-refractivity contribution >= 4 is 10.9 Å². The third kappa shape index (κ3) is 1.63. The maximum Gasteiger partial charge on any atom is 0.123 e. The minimum atomic E-state index is -0.198. The molecule has 0 saturated heterocycles. The van der Waals surface area contributed by atoms with Gasteiger partial charge in [0, 0.05) is 29.1 Å². The zero-order chi connectivity index (χ0) is 11.0. The fourth-order valence-corrected chi connectivity index (χ4v) is 1.93. The fraction of sp³-hybridized carbons (Fsp3) is 0.333. The lowest BCUT2D eigenvalue weighted by molar-refractivity contribution is 0.629.